The number of hydrogen-bond donors (Lipinski definition) is 2. The first-order chi connectivity index (χ1) is 28.2. The fourth-order valence-corrected chi connectivity index (χ4v) is 10.4. The Morgan fingerprint density at radius 3 is 2.35 bits per heavy atom. The van der Waals surface area contributed by atoms with Gasteiger partial charge in [0.2, 0.25) is 13.4 Å². The van der Waals surface area contributed by atoms with Gasteiger partial charge in [0.15, 0.2) is 0 Å². The number of para-hydroxylation sites is 2. The Balaban J connectivity index is 1.25. The van der Waals surface area contributed by atoms with Gasteiger partial charge >= 0.3 is 0 Å². The number of rotatable bonds is 5. The van der Waals surface area contributed by atoms with E-state index in [1.165, 1.54) is 78.4 Å². The predicted molar refractivity (Wildman–Crippen MR) is 246 cm³/mol. The SMILES string of the molecule is Cc1cccc2c1B(C1=CC3=C(CCC1Nc1ccccc1)N(c1ccccc1)c1cccc4c1B3C(C)/C=C\C=C/CN4)C1=CCCC=C1N2C1=CC=CCC1. The molecule has 6 aliphatic rings. The molecule has 3 aliphatic heterocycles. The molecule has 4 nitrogen and oxygen atoms in total. The summed E-state index contributed by atoms with van der Waals surface area (Å²) >= 11 is 0. The lowest BCUT2D eigenvalue weighted by Crippen LogP contribution is -2.51. The molecule has 3 heterocycles. The molecular weight excluding hydrogens is 690 g/mol. The summed E-state index contributed by atoms with van der Waals surface area (Å²) in [5, 5.41) is 8.00. The van der Waals surface area contributed by atoms with Crippen LogP contribution < -0.4 is 31.4 Å². The van der Waals surface area contributed by atoms with Crippen molar-refractivity contribution in [3.05, 3.63) is 197 Å². The summed E-state index contributed by atoms with van der Waals surface area (Å²) in [6, 6.07) is 36.0. The zero-order valence-electron chi connectivity index (χ0n) is 33.2. The van der Waals surface area contributed by atoms with E-state index in [1.54, 1.807) is 0 Å². The number of allylic oxidation sites excluding steroid dienone is 13. The number of aryl methyl sites for hydroxylation is 1. The largest absolute Gasteiger partial charge is 0.382 e. The average Bonchev–Trinajstić information content (AvgIpc) is 3.43. The number of hydrogen-bond acceptors (Lipinski definition) is 4. The molecule has 0 saturated carbocycles. The zero-order chi connectivity index (χ0) is 38.3. The Hall–Kier alpha value is -5.87. The van der Waals surface area contributed by atoms with Crippen molar-refractivity contribution < 1.29 is 0 Å². The summed E-state index contributed by atoms with van der Waals surface area (Å²) in [6.07, 6.45) is 30.0. The first kappa shape index (κ1) is 35.5. The molecule has 0 fully saturated rings. The van der Waals surface area contributed by atoms with Crippen molar-refractivity contribution in [3.63, 3.8) is 0 Å². The first-order valence-corrected chi connectivity index (χ1v) is 21.1. The summed E-state index contributed by atoms with van der Waals surface area (Å²) in [6.45, 7) is 5.81. The molecule has 4 aromatic carbocycles. The minimum Gasteiger partial charge on any atom is -0.382 e. The van der Waals surface area contributed by atoms with E-state index in [2.05, 4.69) is 192 Å². The maximum Gasteiger partial charge on any atom is 0.244 e. The van der Waals surface area contributed by atoms with Crippen LogP contribution in [0.15, 0.2) is 191 Å². The van der Waals surface area contributed by atoms with Crippen LogP contribution in [0.2, 0.25) is 5.82 Å². The highest BCUT2D eigenvalue weighted by molar-refractivity contribution is 6.90. The Morgan fingerprint density at radius 1 is 0.737 bits per heavy atom. The van der Waals surface area contributed by atoms with E-state index in [-0.39, 0.29) is 25.3 Å². The van der Waals surface area contributed by atoms with Gasteiger partial charge in [-0.05, 0) is 116 Å². The molecule has 57 heavy (non-hydrogen) atoms. The van der Waals surface area contributed by atoms with Crippen molar-refractivity contribution in [1.82, 2.24) is 0 Å². The second kappa shape index (κ2) is 15.2. The van der Waals surface area contributed by atoms with E-state index in [0.29, 0.717) is 0 Å². The van der Waals surface area contributed by atoms with Gasteiger partial charge in [0.1, 0.15) is 0 Å². The van der Waals surface area contributed by atoms with Crippen LogP contribution in [0.5, 0.6) is 0 Å². The van der Waals surface area contributed by atoms with E-state index in [1.807, 2.05) is 0 Å². The number of anilines is 5. The summed E-state index contributed by atoms with van der Waals surface area (Å²) in [4.78, 5) is 5.21. The third-order valence-electron chi connectivity index (χ3n) is 12.9. The summed E-state index contributed by atoms with van der Waals surface area (Å²) in [5.41, 5.74) is 18.9. The van der Waals surface area contributed by atoms with E-state index in [4.69, 9.17) is 0 Å². The predicted octanol–water partition coefficient (Wildman–Crippen LogP) is 10.9. The fourth-order valence-electron chi connectivity index (χ4n) is 10.4. The molecule has 0 spiro atoms. The lowest BCUT2D eigenvalue weighted by atomic mass is 9.28. The summed E-state index contributed by atoms with van der Waals surface area (Å²) < 4.78 is 0. The molecule has 6 heteroatoms. The Morgan fingerprint density at radius 2 is 1.53 bits per heavy atom. The van der Waals surface area contributed by atoms with Crippen molar-refractivity contribution in [1.29, 1.82) is 0 Å². The highest BCUT2D eigenvalue weighted by Gasteiger charge is 2.46. The molecule has 3 aliphatic carbocycles. The van der Waals surface area contributed by atoms with Gasteiger partial charge in [0.05, 0.1) is 0 Å². The summed E-state index contributed by atoms with van der Waals surface area (Å²) in [7, 11) is 0. The smallest absolute Gasteiger partial charge is 0.244 e. The lowest BCUT2D eigenvalue weighted by Gasteiger charge is -2.44. The van der Waals surface area contributed by atoms with Gasteiger partial charge in [-0.25, -0.2) is 0 Å². The van der Waals surface area contributed by atoms with Crippen molar-refractivity contribution in [2.75, 3.05) is 27.0 Å². The molecule has 2 N–H and O–H groups in total. The molecule has 0 amide bonds. The van der Waals surface area contributed by atoms with Gasteiger partial charge in [-0.1, -0.05) is 133 Å². The molecule has 2 unspecified atom stereocenters. The standard InChI is InChI=1S/C51H50B2N4/c1-36-19-17-30-48-50(36)53(41-27-14-15-29-46(41)56(48)39-23-10-4-11-24-39)42-35-43-47(33-32-44(42)55-38-21-8-3-9-22-38)57(40-25-12-5-13-26-40)49-31-18-28-45-51(49)52(43)37(2)20-7-6-16-34-54-45/h3-10,12-13,16-23,25-31,35,37,44,54-55H,11,14-15,24,32-34H2,1-2H3/b16-6-,20-7-. The normalized spacial score (nSPS) is 22.3. The third kappa shape index (κ3) is 6.36. The average molecular weight is 741 g/mol. The molecule has 4 aromatic rings. The van der Waals surface area contributed by atoms with Gasteiger partial charge in [-0.15, -0.1) is 0 Å². The number of nitrogens with zero attached hydrogens (tertiary/aromatic N) is 2. The number of benzene rings is 4. The van der Waals surface area contributed by atoms with Crippen LogP contribution in [-0.2, 0) is 0 Å². The Kier molecular flexibility index (Phi) is 9.50. The third-order valence-corrected chi connectivity index (χ3v) is 12.9. The van der Waals surface area contributed by atoms with Crippen LogP contribution in [-0.4, -0.2) is 26.0 Å². The Bertz CT molecular complexity index is 2450. The minimum atomic E-state index is 0.102. The van der Waals surface area contributed by atoms with Crippen molar-refractivity contribution >= 4 is 52.8 Å². The van der Waals surface area contributed by atoms with Gasteiger partial charge < -0.3 is 20.4 Å². The quantitative estimate of drug-likeness (QED) is 0.200. The van der Waals surface area contributed by atoms with Crippen LogP contribution in [0.4, 0.5) is 28.4 Å². The van der Waals surface area contributed by atoms with Crippen LogP contribution in [0.1, 0.15) is 51.0 Å². The van der Waals surface area contributed by atoms with Gasteiger partial charge in [-0.2, -0.15) is 0 Å². The van der Waals surface area contributed by atoms with Crippen molar-refractivity contribution in [2.24, 2.45) is 0 Å². The molecule has 0 saturated heterocycles. The first-order valence-electron chi connectivity index (χ1n) is 21.1. The van der Waals surface area contributed by atoms with E-state index >= 15 is 0 Å². The van der Waals surface area contributed by atoms with E-state index in [0.717, 1.165) is 45.1 Å². The molecule has 0 bridgehead atoms. The topological polar surface area (TPSA) is 30.5 Å². The molecule has 0 radical (unpaired) electrons. The van der Waals surface area contributed by atoms with Crippen molar-refractivity contribution in [2.45, 2.75) is 64.2 Å². The molecule has 280 valence electrons. The number of nitrogens with one attached hydrogen (secondary N) is 2. The van der Waals surface area contributed by atoms with Gasteiger partial charge in [0, 0.05) is 58.1 Å². The minimum absolute atomic E-state index is 0.102. The highest BCUT2D eigenvalue weighted by Crippen LogP contribution is 2.47. The molecular formula is C51H50B2N4. The van der Waals surface area contributed by atoms with Crippen LogP contribution in [0.25, 0.3) is 0 Å². The highest BCUT2D eigenvalue weighted by atomic mass is 15.2. The van der Waals surface area contributed by atoms with Crippen LogP contribution >= 0.6 is 0 Å². The second-order valence-corrected chi connectivity index (χ2v) is 16.3. The Labute approximate surface area is 339 Å². The van der Waals surface area contributed by atoms with Crippen molar-refractivity contribution in [3.8, 4) is 0 Å². The van der Waals surface area contributed by atoms with E-state index < -0.39 is 0 Å². The monoisotopic (exact) mass is 740 g/mol. The number of fused-ring (bicyclic) bond motifs is 3. The van der Waals surface area contributed by atoms with Crippen LogP contribution in [0, 0.1) is 6.92 Å². The second-order valence-electron chi connectivity index (χ2n) is 16.3. The van der Waals surface area contributed by atoms with Crippen LogP contribution in [0.3, 0.4) is 0 Å². The maximum absolute atomic E-state index is 4.15. The van der Waals surface area contributed by atoms with Gasteiger partial charge in [0.25, 0.3) is 0 Å². The lowest BCUT2D eigenvalue weighted by molar-refractivity contribution is 0.739. The fraction of sp³-hybridized carbons (Fsp3) is 0.216. The molecule has 10 rings (SSSR count). The summed E-state index contributed by atoms with van der Waals surface area (Å²) in [5.74, 6) is 0.264. The molecule has 0 aromatic heterocycles. The maximum atomic E-state index is 4.15. The molecule has 2 atom stereocenters. The van der Waals surface area contributed by atoms with E-state index in [9.17, 15) is 0 Å². The zero-order valence-corrected chi connectivity index (χ0v) is 33.2. The van der Waals surface area contributed by atoms with Gasteiger partial charge in [-0.3, -0.25) is 0 Å².